The smallest absolute Gasteiger partial charge is 0.276 e. The van der Waals surface area contributed by atoms with E-state index in [0.717, 1.165) is 12.8 Å². The number of carbonyl (C=O) groups excluding carboxylic acids is 1. The highest BCUT2D eigenvalue weighted by molar-refractivity contribution is 5.96. The van der Waals surface area contributed by atoms with Crippen molar-refractivity contribution in [1.29, 1.82) is 0 Å². The van der Waals surface area contributed by atoms with Crippen molar-refractivity contribution >= 4 is 5.91 Å². The molecule has 2 N–H and O–H groups in total. The molecule has 7 heteroatoms. The van der Waals surface area contributed by atoms with Crippen LogP contribution in [0.3, 0.4) is 0 Å². The zero-order chi connectivity index (χ0) is 14.9. The Kier molecular flexibility index (Phi) is 2.29. The maximum absolute atomic E-state index is 12.7. The summed E-state index contributed by atoms with van der Waals surface area (Å²) in [7, 11) is 0. The average molecular weight is 292 g/mol. The van der Waals surface area contributed by atoms with E-state index in [4.69, 9.17) is 4.74 Å². The summed E-state index contributed by atoms with van der Waals surface area (Å²) in [6.07, 6.45) is 2.81. The van der Waals surface area contributed by atoms with Gasteiger partial charge in [0.2, 0.25) is 0 Å². The minimum atomic E-state index is -0.917. The molecule has 2 aliphatic heterocycles. The fourth-order valence-electron chi connectivity index (χ4n) is 3.47. The van der Waals surface area contributed by atoms with Crippen molar-refractivity contribution in [2.75, 3.05) is 6.61 Å². The second-order valence-electron chi connectivity index (χ2n) is 6.21. The number of hydrogen-bond donors (Lipinski definition) is 2. The predicted octanol–water partition coefficient (Wildman–Crippen LogP) is 0.240. The number of pyridine rings is 1. The topological polar surface area (TPSA) is 92.0 Å². The monoisotopic (exact) mass is 292 g/mol. The van der Waals surface area contributed by atoms with Crippen LogP contribution in [0.1, 0.15) is 30.3 Å². The van der Waals surface area contributed by atoms with Gasteiger partial charge in [-0.2, -0.15) is 0 Å². The largest absolute Gasteiger partial charge is 0.503 e. The van der Waals surface area contributed by atoms with Gasteiger partial charge in [0, 0.05) is 11.5 Å². The lowest BCUT2D eigenvalue weighted by molar-refractivity contribution is -0.145. The predicted molar refractivity (Wildman–Crippen MR) is 71.1 cm³/mol. The minimum absolute atomic E-state index is 0.0146. The third-order valence-electron chi connectivity index (χ3n) is 5.10. The lowest BCUT2D eigenvalue weighted by atomic mass is 9.94. The van der Waals surface area contributed by atoms with Crippen molar-refractivity contribution in [3.8, 4) is 11.5 Å². The maximum Gasteiger partial charge on any atom is 0.276 e. The highest BCUT2D eigenvalue weighted by atomic mass is 16.5. The van der Waals surface area contributed by atoms with E-state index in [9.17, 15) is 19.8 Å². The molecule has 1 saturated carbocycles. The standard InChI is InChI=1S/C14H16N2O5/c1-7-14(2-3-14)6-21-9-5-15-4-8(17)11(18)12(19)10(15)13(20)16(7)9/h4,7,9,17,19H,2-3,5-6H2,1H3/t7-,9+/m1/s1. The van der Waals surface area contributed by atoms with Gasteiger partial charge in [-0.25, -0.2) is 0 Å². The van der Waals surface area contributed by atoms with Crippen molar-refractivity contribution in [3.05, 3.63) is 22.1 Å². The molecule has 0 bridgehead atoms. The molecule has 1 spiro atoms. The molecule has 0 aromatic carbocycles. The van der Waals surface area contributed by atoms with Gasteiger partial charge in [0.15, 0.2) is 23.4 Å². The third kappa shape index (κ3) is 1.52. The summed E-state index contributed by atoms with van der Waals surface area (Å²) in [5.74, 6) is -1.68. The Morgan fingerprint density at radius 2 is 2.05 bits per heavy atom. The van der Waals surface area contributed by atoms with E-state index in [2.05, 4.69) is 0 Å². The van der Waals surface area contributed by atoms with E-state index in [1.807, 2.05) is 6.92 Å². The molecule has 0 unspecified atom stereocenters. The zero-order valence-corrected chi connectivity index (χ0v) is 11.6. The Labute approximate surface area is 120 Å². The summed E-state index contributed by atoms with van der Waals surface area (Å²) in [5, 5.41) is 19.5. The summed E-state index contributed by atoms with van der Waals surface area (Å²) >= 11 is 0. The average Bonchev–Trinajstić information content (AvgIpc) is 3.21. The Morgan fingerprint density at radius 1 is 1.33 bits per heavy atom. The summed E-state index contributed by atoms with van der Waals surface area (Å²) in [6.45, 7) is 2.91. The van der Waals surface area contributed by atoms with Gasteiger partial charge in [0.1, 0.15) is 0 Å². The highest BCUT2D eigenvalue weighted by Crippen LogP contribution is 2.54. The molecule has 2 atom stereocenters. The molecule has 1 amide bonds. The molecular weight excluding hydrogens is 276 g/mol. The second-order valence-corrected chi connectivity index (χ2v) is 6.21. The van der Waals surface area contributed by atoms with E-state index in [0.29, 0.717) is 13.2 Å². The first-order chi connectivity index (χ1) is 9.94. The Bertz CT molecular complexity index is 706. The van der Waals surface area contributed by atoms with E-state index >= 15 is 0 Å². The van der Waals surface area contributed by atoms with Gasteiger partial charge in [0.25, 0.3) is 11.3 Å². The van der Waals surface area contributed by atoms with Crippen molar-refractivity contribution in [2.45, 2.75) is 38.6 Å². The molecule has 21 heavy (non-hydrogen) atoms. The van der Waals surface area contributed by atoms with Gasteiger partial charge in [-0.1, -0.05) is 0 Å². The van der Waals surface area contributed by atoms with E-state index < -0.39 is 29.1 Å². The van der Waals surface area contributed by atoms with Crippen LogP contribution in [-0.4, -0.2) is 44.5 Å². The number of aromatic hydroxyl groups is 2. The van der Waals surface area contributed by atoms with Gasteiger partial charge in [0.05, 0.1) is 19.3 Å². The fraction of sp³-hybridized carbons (Fsp3) is 0.571. The van der Waals surface area contributed by atoms with Crippen LogP contribution in [-0.2, 0) is 11.3 Å². The Balaban J connectivity index is 1.84. The quantitative estimate of drug-likeness (QED) is 0.714. The van der Waals surface area contributed by atoms with Gasteiger partial charge < -0.3 is 24.4 Å². The summed E-state index contributed by atoms with van der Waals surface area (Å²) in [6, 6.07) is 0.0146. The molecule has 3 heterocycles. The van der Waals surface area contributed by atoms with E-state index in [1.54, 1.807) is 4.90 Å². The number of fused-ring (bicyclic) bond motifs is 2. The van der Waals surface area contributed by atoms with Crippen molar-refractivity contribution < 1.29 is 19.7 Å². The van der Waals surface area contributed by atoms with Crippen LogP contribution < -0.4 is 5.43 Å². The van der Waals surface area contributed by atoms with Gasteiger partial charge >= 0.3 is 0 Å². The molecule has 112 valence electrons. The van der Waals surface area contributed by atoms with Gasteiger partial charge in [-0.15, -0.1) is 0 Å². The number of aromatic nitrogens is 1. The molecule has 1 aromatic rings. The van der Waals surface area contributed by atoms with Crippen LogP contribution in [0.25, 0.3) is 0 Å². The molecule has 1 aliphatic carbocycles. The van der Waals surface area contributed by atoms with E-state index in [-0.39, 0.29) is 17.2 Å². The van der Waals surface area contributed by atoms with Crippen molar-refractivity contribution in [1.82, 2.24) is 9.47 Å². The van der Waals surface area contributed by atoms with Crippen LogP contribution in [0.2, 0.25) is 0 Å². The zero-order valence-electron chi connectivity index (χ0n) is 11.6. The molecule has 4 rings (SSSR count). The molecule has 7 nitrogen and oxygen atoms in total. The van der Waals surface area contributed by atoms with Gasteiger partial charge in [-0.3, -0.25) is 9.59 Å². The second kappa shape index (κ2) is 3.79. The first-order valence-electron chi connectivity index (χ1n) is 7.04. The van der Waals surface area contributed by atoms with Crippen LogP contribution in [0.4, 0.5) is 0 Å². The van der Waals surface area contributed by atoms with Crippen LogP contribution in [0, 0.1) is 5.41 Å². The number of ether oxygens (including phenoxy) is 1. The van der Waals surface area contributed by atoms with Crippen molar-refractivity contribution in [2.24, 2.45) is 5.41 Å². The third-order valence-corrected chi connectivity index (χ3v) is 5.10. The normalized spacial score (nSPS) is 29.2. The number of carbonyl (C=O) groups is 1. The van der Waals surface area contributed by atoms with Crippen molar-refractivity contribution in [3.63, 3.8) is 0 Å². The lowest BCUT2D eigenvalue weighted by Crippen LogP contribution is -2.60. The number of rotatable bonds is 0. The summed E-state index contributed by atoms with van der Waals surface area (Å²) in [5.41, 5.74) is -0.955. The fourth-order valence-corrected chi connectivity index (χ4v) is 3.47. The Morgan fingerprint density at radius 3 is 2.71 bits per heavy atom. The lowest BCUT2D eigenvalue weighted by Gasteiger charge is -2.48. The first kappa shape index (κ1) is 12.7. The molecule has 2 fully saturated rings. The summed E-state index contributed by atoms with van der Waals surface area (Å²) < 4.78 is 7.21. The summed E-state index contributed by atoms with van der Waals surface area (Å²) in [4.78, 5) is 26.0. The SMILES string of the molecule is C[C@H]1N2C(=O)c3c(O)c(=O)c(O)cn3C[C@@H]2OCC12CC2. The van der Waals surface area contributed by atoms with Crippen LogP contribution in [0.5, 0.6) is 11.5 Å². The van der Waals surface area contributed by atoms with Crippen LogP contribution >= 0.6 is 0 Å². The Hall–Kier alpha value is -2.02. The molecule has 3 aliphatic rings. The highest BCUT2D eigenvalue weighted by Gasteiger charge is 2.57. The molecule has 1 saturated heterocycles. The maximum atomic E-state index is 12.7. The van der Waals surface area contributed by atoms with Gasteiger partial charge in [-0.05, 0) is 19.8 Å². The molecule has 1 aromatic heterocycles. The van der Waals surface area contributed by atoms with Crippen LogP contribution in [0.15, 0.2) is 11.0 Å². The molecule has 0 radical (unpaired) electrons. The first-order valence-corrected chi connectivity index (χ1v) is 7.04. The number of nitrogens with zero attached hydrogens (tertiary/aromatic N) is 2. The van der Waals surface area contributed by atoms with E-state index in [1.165, 1.54) is 10.8 Å². The number of hydrogen-bond acceptors (Lipinski definition) is 5. The molecular formula is C14H16N2O5. The number of amides is 1. The minimum Gasteiger partial charge on any atom is -0.503 e.